The predicted molar refractivity (Wildman–Crippen MR) is 133 cm³/mol. The van der Waals surface area contributed by atoms with Crippen molar-refractivity contribution in [3.05, 3.63) is 29.8 Å². The fraction of sp³-hybridized carbons (Fsp3) is 0.759. The molecule has 0 N–H and O–H groups in total. The Morgan fingerprint density at radius 2 is 1.45 bits per heavy atom. The third-order valence-electron chi connectivity index (χ3n) is 8.17. The first-order valence-corrected chi connectivity index (χ1v) is 13.4. The average Bonchev–Trinajstić information content (AvgIpc) is 2.80. The molecule has 0 aliphatic heterocycles. The second-order valence-corrected chi connectivity index (χ2v) is 10.7. The maximum Gasteiger partial charge on any atom is 0.308 e. The molecule has 1 aromatic carbocycles. The summed E-state index contributed by atoms with van der Waals surface area (Å²) in [5, 5.41) is 0. The molecule has 3 unspecified atom stereocenters. The van der Waals surface area contributed by atoms with Gasteiger partial charge in [-0.05, 0) is 106 Å². The molecule has 3 atom stereocenters. The number of carbonyl (C=O) groups is 1. The summed E-state index contributed by atoms with van der Waals surface area (Å²) in [7, 11) is 0. The van der Waals surface area contributed by atoms with Crippen LogP contribution in [0.4, 0.5) is 0 Å². The van der Waals surface area contributed by atoms with E-state index in [2.05, 4.69) is 32.9 Å². The van der Waals surface area contributed by atoms with E-state index in [9.17, 15) is 4.79 Å². The van der Waals surface area contributed by atoms with Gasteiger partial charge in [0.15, 0.2) is 6.29 Å². The molecule has 4 nitrogen and oxygen atoms in total. The highest BCUT2D eigenvalue weighted by molar-refractivity contribution is 5.72. The van der Waals surface area contributed by atoms with E-state index >= 15 is 0 Å². The molecule has 0 saturated heterocycles. The van der Waals surface area contributed by atoms with Gasteiger partial charge in [-0.2, -0.15) is 0 Å². The van der Waals surface area contributed by atoms with Gasteiger partial charge < -0.3 is 14.2 Å². The summed E-state index contributed by atoms with van der Waals surface area (Å²) in [5.74, 6) is 4.90. The van der Waals surface area contributed by atoms with Crippen molar-refractivity contribution in [2.45, 2.75) is 105 Å². The molecule has 0 spiro atoms. The van der Waals surface area contributed by atoms with E-state index in [0.717, 1.165) is 30.4 Å². The van der Waals surface area contributed by atoms with Crippen LogP contribution in [-0.2, 0) is 14.3 Å². The largest absolute Gasteiger partial charge is 0.465 e. The minimum Gasteiger partial charge on any atom is -0.465 e. The Labute approximate surface area is 201 Å². The monoisotopic (exact) mass is 458 g/mol. The van der Waals surface area contributed by atoms with Crippen LogP contribution in [0.2, 0.25) is 0 Å². The Balaban J connectivity index is 0.000000186. The second-order valence-electron chi connectivity index (χ2n) is 10.7. The van der Waals surface area contributed by atoms with Gasteiger partial charge in [-0.15, -0.1) is 0 Å². The molecule has 33 heavy (non-hydrogen) atoms. The van der Waals surface area contributed by atoms with E-state index in [1.54, 1.807) is 0 Å². The van der Waals surface area contributed by atoms with E-state index in [1.807, 2.05) is 32.9 Å². The Morgan fingerprint density at radius 3 is 1.94 bits per heavy atom. The molecule has 0 heterocycles. The highest BCUT2D eigenvalue weighted by Crippen LogP contribution is 2.54. The predicted octanol–water partition coefficient (Wildman–Crippen LogP) is 7.36. The normalized spacial score (nSPS) is 30.1. The van der Waals surface area contributed by atoms with Gasteiger partial charge in [-0.3, -0.25) is 4.79 Å². The molecule has 5 rings (SSSR count). The average molecular weight is 459 g/mol. The smallest absolute Gasteiger partial charge is 0.308 e. The SMILES string of the molecule is CCC(C)C(=O)OC1C2CC3CC(C2)CC1C3.CCOC(C)Oc1ccc(C(C)CC)cc1. The number of rotatable bonds is 9. The summed E-state index contributed by atoms with van der Waals surface area (Å²) in [4.78, 5) is 11.9. The molecule has 1 aromatic rings. The van der Waals surface area contributed by atoms with Crippen molar-refractivity contribution in [3.8, 4) is 5.75 Å². The highest BCUT2D eigenvalue weighted by atomic mass is 16.7. The second kappa shape index (κ2) is 12.2. The van der Waals surface area contributed by atoms with Crippen LogP contribution in [0.1, 0.15) is 98.0 Å². The summed E-state index contributed by atoms with van der Waals surface area (Å²) in [6.07, 6.45) is 8.90. The van der Waals surface area contributed by atoms with Crippen molar-refractivity contribution in [2.24, 2.45) is 29.6 Å². The van der Waals surface area contributed by atoms with Crippen LogP contribution in [0.3, 0.4) is 0 Å². The number of ether oxygens (including phenoxy) is 3. The van der Waals surface area contributed by atoms with Crippen molar-refractivity contribution in [1.29, 1.82) is 0 Å². The van der Waals surface area contributed by atoms with E-state index in [0.29, 0.717) is 24.4 Å². The molecule has 4 aliphatic rings. The van der Waals surface area contributed by atoms with Crippen LogP contribution in [0.5, 0.6) is 5.75 Å². The van der Waals surface area contributed by atoms with E-state index < -0.39 is 0 Å². The summed E-state index contributed by atoms with van der Waals surface area (Å²) in [6, 6.07) is 8.28. The third-order valence-corrected chi connectivity index (χ3v) is 8.17. The lowest BCUT2D eigenvalue weighted by Crippen LogP contribution is -2.50. The first-order valence-electron chi connectivity index (χ1n) is 13.4. The maximum absolute atomic E-state index is 11.9. The van der Waals surface area contributed by atoms with Gasteiger partial charge in [0, 0.05) is 6.61 Å². The Bertz CT molecular complexity index is 700. The van der Waals surface area contributed by atoms with Gasteiger partial charge in [-0.25, -0.2) is 0 Å². The van der Waals surface area contributed by atoms with Gasteiger partial charge >= 0.3 is 5.97 Å². The molecule has 4 saturated carbocycles. The number of hydrogen-bond acceptors (Lipinski definition) is 4. The van der Waals surface area contributed by atoms with Gasteiger partial charge in [0.05, 0.1) is 5.92 Å². The van der Waals surface area contributed by atoms with E-state index in [4.69, 9.17) is 14.2 Å². The highest BCUT2D eigenvalue weighted by Gasteiger charge is 2.50. The molecule has 186 valence electrons. The van der Waals surface area contributed by atoms with Gasteiger partial charge in [0.25, 0.3) is 0 Å². The van der Waals surface area contributed by atoms with Crippen LogP contribution in [0.25, 0.3) is 0 Å². The molecular weight excluding hydrogens is 412 g/mol. The molecule has 4 fully saturated rings. The summed E-state index contributed by atoms with van der Waals surface area (Å²) in [5.41, 5.74) is 1.36. The first-order chi connectivity index (χ1) is 15.8. The molecular formula is C29H46O4. The number of esters is 1. The Morgan fingerprint density at radius 1 is 0.879 bits per heavy atom. The van der Waals surface area contributed by atoms with Crippen molar-refractivity contribution in [3.63, 3.8) is 0 Å². The van der Waals surface area contributed by atoms with E-state index in [1.165, 1.54) is 37.7 Å². The van der Waals surface area contributed by atoms with Crippen molar-refractivity contribution < 1.29 is 19.0 Å². The Kier molecular flexibility index (Phi) is 9.67. The van der Waals surface area contributed by atoms with Crippen LogP contribution in [0, 0.1) is 29.6 Å². The quantitative estimate of drug-likeness (QED) is 0.286. The number of hydrogen-bond donors (Lipinski definition) is 0. The number of carbonyl (C=O) groups excluding carboxylic acids is 1. The molecule has 0 amide bonds. The zero-order valence-corrected chi connectivity index (χ0v) is 21.7. The molecule has 0 aromatic heterocycles. The third kappa shape index (κ3) is 6.97. The molecule has 4 heteroatoms. The lowest BCUT2D eigenvalue weighted by molar-refractivity contribution is -0.174. The molecule has 4 bridgehead atoms. The standard InChI is InChI=1S/C15H24O2.C14H22O2/c1-3-9(2)15(16)17-14-12-5-10-4-11(7-12)8-13(14)6-10;1-5-11(3)13-7-9-14(10-8-13)16-12(4)15-6-2/h9-14H,3-8H2,1-2H3;7-12H,5-6H2,1-4H3. The number of benzene rings is 1. The zero-order chi connectivity index (χ0) is 24.0. The van der Waals surface area contributed by atoms with Crippen LogP contribution < -0.4 is 4.74 Å². The molecule has 0 radical (unpaired) electrons. The Hall–Kier alpha value is -1.55. The lowest BCUT2D eigenvalue weighted by Gasteiger charge is -2.53. The summed E-state index contributed by atoms with van der Waals surface area (Å²) < 4.78 is 16.8. The van der Waals surface area contributed by atoms with Crippen molar-refractivity contribution in [2.75, 3.05) is 6.61 Å². The minimum atomic E-state index is -0.181. The van der Waals surface area contributed by atoms with Gasteiger partial charge in [0.2, 0.25) is 0 Å². The van der Waals surface area contributed by atoms with Crippen molar-refractivity contribution in [1.82, 2.24) is 0 Å². The summed E-state index contributed by atoms with van der Waals surface area (Å²) >= 11 is 0. The zero-order valence-electron chi connectivity index (χ0n) is 21.7. The first kappa shape index (κ1) is 26.1. The fourth-order valence-corrected chi connectivity index (χ4v) is 6.06. The fourth-order valence-electron chi connectivity index (χ4n) is 6.06. The van der Waals surface area contributed by atoms with Crippen LogP contribution >= 0.6 is 0 Å². The summed E-state index contributed by atoms with van der Waals surface area (Å²) in [6.45, 7) is 13.0. The van der Waals surface area contributed by atoms with Crippen LogP contribution in [0.15, 0.2) is 24.3 Å². The lowest BCUT2D eigenvalue weighted by atomic mass is 9.55. The minimum absolute atomic E-state index is 0.0463. The van der Waals surface area contributed by atoms with Gasteiger partial charge in [0.1, 0.15) is 11.9 Å². The van der Waals surface area contributed by atoms with Crippen molar-refractivity contribution >= 4 is 5.97 Å². The maximum atomic E-state index is 11.9. The van der Waals surface area contributed by atoms with Crippen LogP contribution in [-0.4, -0.2) is 25.0 Å². The molecule has 4 aliphatic carbocycles. The van der Waals surface area contributed by atoms with Gasteiger partial charge in [-0.1, -0.05) is 39.8 Å². The topological polar surface area (TPSA) is 44.8 Å². The van der Waals surface area contributed by atoms with E-state index in [-0.39, 0.29) is 24.3 Å².